The van der Waals surface area contributed by atoms with E-state index in [1.165, 1.54) is 12.8 Å². The number of nitrogens with one attached hydrogen (secondary N) is 2. The lowest BCUT2D eigenvalue weighted by atomic mass is 9.96. The van der Waals surface area contributed by atoms with Crippen molar-refractivity contribution in [2.75, 3.05) is 23.3 Å². The molecule has 4 heterocycles. The average molecular weight is 417 g/mol. The van der Waals surface area contributed by atoms with Crippen LogP contribution >= 0.6 is 0 Å². The third-order valence-corrected chi connectivity index (χ3v) is 5.53. The molecule has 0 spiro atoms. The average Bonchev–Trinajstić information content (AvgIpc) is 2.84. The highest BCUT2D eigenvalue weighted by Crippen LogP contribution is 2.36. The number of pyridine rings is 3. The molecule has 160 valence electrons. The molecular formula is C24H28N6O. The Morgan fingerprint density at radius 2 is 2.06 bits per heavy atom. The molecule has 7 heteroatoms. The van der Waals surface area contributed by atoms with Crippen LogP contribution in [0.3, 0.4) is 0 Å². The summed E-state index contributed by atoms with van der Waals surface area (Å²) in [6.45, 7) is 2.11. The molecule has 3 aromatic rings. The van der Waals surface area contributed by atoms with E-state index in [4.69, 9.17) is 0 Å². The second-order valence-electron chi connectivity index (χ2n) is 7.69. The van der Waals surface area contributed by atoms with Gasteiger partial charge < -0.3 is 15.5 Å². The maximum absolute atomic E-state index is 12.2. The van der Waals surface area contributed by atoms with Crippen molar-refractivity contribution in [2.45, 2.75) is 38.3 Å². The van der Waals surface area contributed by atoms with Crippen LogP contribution in [0.15, 0.2) is 61.2 Å². The number of carbonyl (C=O) groups excluding carboxylic acids is 1. The fourth-order valence-corrected chi connectivity index (χ4v) is 4.01. The highest BCUT2D eigenvalue weighted by atomic mass is 16.1. The zero-order valence-corrected chi connectivity index (χ0v) is 17.6. The zero-order chi connectivity index (χ0) is 21.3. The summed E-state index contributed by atoms with van der Waals surface area (Å²) in [4.78, 5) is 27.1. The lowest BCUT2D eigenvalue weighted by molar-refractivity contribution is -0.107. The lowest BCUT2D eigenvalue weighted by Gasteiger charge is -2.30. The number of nitrogens with zero attached hydrogens (tertiary/aromatic N) is 4. The number of carbonyl (C=O) groups is 1. The Morgan fingerprint density at radius 1 is 1.10 bits per heavy atom. The zero-order valence-electron chi connectivity index (χ0n) is 17.6. The fourth-order valence-electron chi connectivity index (χ4n) is 4.01. The minimum Gasteiger partial charge on any atom is -0.368 e. The van der Waals surface area contributed by atoms with Crippen molar-refractivity contribution >= 4 is 17.9 Å². The van der Waals surface area contributed by atoms with Gasteiger partial charge in [0, 0.05) is 49.5 Å². The van der Waals surface area contributed by atoms with Crippen LogP contribution < -0.4 is 15.5 Å². The van der Waals surface area contributed by atoms with Gasteiger partial charge >= 0.3 is 0 Å². The van der Waals surface area contributed by atoms with E-state index >= 15 is 0 Å². The number of piperidine rings is 1. The van der Waals surface area contributed by atoms with Gasteiger partial charge in [-0.05, 0) is 54.8 Å². The highest BCUT2D eigenvalue weighted by molar-refractivity contribution is 5.84. The van der Waals surface area contributed by atoms with Crippen LogP contribution in [0.4, 0.5) is 11.5 Å². The summed E-state index contributed by atoms with van der Waals surface area (Å²) in [6, 6.07) is 12.0. The van der Waals surface area contributed by atoms with Gasteiger partial charge in [0.25, 0.3) is 0 Å². The Hall–Kier alpha value is -3.32. The van der Waals surface area contributed by atoms with Crippen molar-refractivity contribution < 1.29 is 4.79 Å². The Morgan fingerprint density at radius 3 is 2.81 bits per heavy atom. The van der Waals surface area contributed by atoms with Crippen LogP contribution in [0.2, 0.25) is 0 Å². The van der Waals surface area contributed by atoms with Crippen molar-refractivity contribution in [2.24, 2.45) is 0 Å². The minimum absolute atomic E-state index is 0.208. The molecule has 0 saturated carbocycles. The Labute approximate surface area is 183 Å². The van der Waals surface area contributed by atoms with Crippen LogP contribution in [-0.2, 0) is 17.8 Å². The van der Waals surface area contributed by atoms with Crippen molar-refractivity contribution in [1.82, 2.24) is 20.3 Å². The van der Waals surface area contributed by atoms with E-state index in [-0.39, 0.29) is 6.04 Å². The van der Waals surface area contributed by atoms with Crippen molar-refractivity contribution in [3.63, 3.8) is 0 Å². The molecule has 1 atom stereocenters. The Balaban J connectivity index is 1.62. The maximum Gasteiger partial charge on any atom is 0.214 e. The van der Waals surface area contributed by atoms with Gasteiger partial charge in [0.2, 0.25) is 6.41 Å². The summed E-state index contributed by atoms with van der Waals surface area (Å²) >= 11 is 0. The predicted molar refractivity (Wildman–Crippen MR) is 122 cm³/mol. The second-order valence-corrected chi connectivity index (χ2v) is 7.69. The maximum atomic E-state index is 12.2. The number of hydrogen-bond donors (Lipinski definition) is 2. The van der Waals surface area contributed by atoms with E-state index in [9.17, 15) is 4.79 Å². The van der Waals surface area contributed by atoms with E-state index in [0.717, 1.165) is 54.1 Å². The summed E-state index contributed by atoms with van der Waals surface area (Å²) in [5, 5.41) is 7.05. The molecule has 1 unspecified atom stereocenters. The molecule has 1 saturated heterocycles. The van der Waals surface area contributed by atoms with Crippen molar-refractivity contribution in [3.05, 3.63) is 78.0 Å². The minimum atomic E-state index is 0.208. The molecule has 1 aliphatic rings. The van der Waals surface area contributed by atoms with Gasteiger partial charge in [-0.2, -0.15) is 0 Å². The molecular weight excluding hydrogens is 388 g/mol. The van der Waals surface area contributed by atoms with Crippen LogP contribution in [0, 0.1) is 0 Å². The van der Waals surface area contributed by atoms with Gasteiger partial charge in [-0.1, -0.05) is 18.6 Å². The molecule has 31 heavy (non-hydrogen) atoms. The smallest absolute Gasteiger partial charge is 0.214 e. The van der Waals surface area contributed by atoms with E-state index in [1.807, 2.05) is 42.6 Å². The first-order valence-corrected chi connectivity index (χ1v) is 10.8. The first kappa shape index (κ1) is 20.9. The topological polar surface area (TPSA) is 83.0 Å². The van der Waals surface area contributed by atoms with Crippen LogP contribution in [0.1, 0.15) is 42.1 Å². The molecule has 3 aromatic heterocycles. The summed E-state index contributed by atoms with van der Waals surface area (Å²) in [6.07, 6.45) is 12.2. The van der Waals surface area contributed by atoms with E-state index < -0.39 is 0 Å². The Bertz CT molecular complexity index is 960. The molecule has 0 aromatic carbocycles. The quantitative estimate of drug-likeness (QED) is 0.520. The molecule has 7 nitrogen and oxygen atoms in total. The third kappa shape index (κ3) is 5.44. The molecule has 2 N–H and O–H groups in total. The van der Waals surface area contributed by atoms with E-state index in [2.05, 4.69) is 25.6 Å². The van der Waals surface area contributed by atoms with Crippen LogP contribution in [-0.4, -0.2) is 34.5 Å². The van der Waals surface area contributed by atoms with Crippen LogP contribution in [0.5, 0.6) is 0 Å². The SMILES string of the molecule is O=CN(Cc1cccnc1)c1c(C2CCCCN2)ccnc1NCCc1ccccn1. The van der Waals surface area contributed by atoms with Gasteiger partial charge in [-0.15, -0.1) is 0 Å². The first-order chi connectivity index (χ1) is 15.3. The molecule has 1 fully saturated rings. The predicted octanol–water partition coefficient (Wildman–Crippen LogP) is 3.50. The van der Waals surface area contributed by atoms with Crippen molar-refractivity contribution in [3.8, 4) is 0 Å². The van der Waals surface area contributed by atoms with Gasteiger partial charge in [-0.25, -0.2) is 4.98 Å². The number of hydrogen-bond acceptors (Lipinski definition) is 6. The van der Waals surface area contributed by atoms with Gasteiger partial charge in [-0.3, -0.25) is 14.8 Å². The summed E-state index contributed by atoms with van der Waals surface area (Å²) in [5.41, 5.74) is 3.93. The van der Waals surface area contributed by atoms with Gasteiger partial charge in [0.1, 0.15) is 5.82 Å². The molecule has 1 aliphatic heterocycles. The first-order valence-electron chi connectivity index (χ1n) is 10.8. The molecule has 0 aliphatic carbocycles. The molecule has 0 bridgehead atoms. The lowest BCUT2D eigenvalue weighted by Crippen LogP contribution is -2.30. The largest absolute Gasteiger partial charge is 0.368 e. The Kier molecular flexibility index (Phi) is 7.18. The monoisotopic (exact) mass is 416 g/mol. The van der Waals surface area contributed by atoms with Gasteiger partial charge in [0.05, 0.1) is 12.2 Å². The molecule has 4 rings (SSSR count). The van der Waals surface area contributed by atoms with E-state index in [1.54, 1.807) is 23.5 Å². The fraction of sp³-hybridized carbons (Fsp3) is 0.333. The van der Waals surface area contributed by atoms with Gasteiger partial charge in [0.15, 0.2) is 0 Å². The summed E-state index contributed by atoms with van der Waals surface area (Å²) in [5.74, 6) is 0.719. The second kappa shape index (κ2) is 10.6. The standard InChI is InChI=1S/C24H28N6O/c31-18-30(17-19-6-5-11-25-16-19)23-21(22-8-2-4-13-27-22)10-15-29-24(23)28-14-9-20-7-1-3-12-26-20/h1,3,5-7,10-12,15-16,18,22,27H,2,4,8-9,13-14,17H2,(H,28,29). The van der Waals surface area contributed by atoms with Crippen LogP contribution in [0.25, 0.3) is 0 Å². The number of anilines is 2. The normalized spacial score (nSPS) is 15.9. The summed E-state index contributed by atoms with van der Waals surface area (Å²) in [7, 11) is 0. The third-order valence-electron chi connectivity index (χ3n) is 5.53. The number of amides is 1. The molecule has 0 radical (unpaired) electrons. The summed E-state index contributed by atoms with van der Waals surface area (Å²) < 4.78 is 0. The van der Waals surface area contributed by atoms with Crippen molar-refractivity contribution in [1.29, 1.82) is 0 Å². The number of rotatable bonds is 9. The van der Waals surface area contributed by atoms with E-state index in [0.29, 0.717) is 13.1 Å². The highest BCUT2D eigenvalue weighted by Gasteiger charge is 2.24. The molecule has 1 amide bonds. The number of aromatic nitrogens is 3.